The number of ether oxygens (including phenoxy) is 1. The highest BCUT2D eigenvalue weighted by Gasteiger charge is 2.18. The van der Waals surface area contributed by atoms with Gasteiger partial charge in [0.25, 0.3) is 15.9 Å². The van der Waals surface area contributed by atoms with Crippen LogP contribution in [0, 0.1) is 13.8 Å². The summed E-state index contributed by atoms with van der Waals surface area (Å²) in [7, 11) is -3.84. The minimum absolute atomic E-state index is 0.0453. The average molecular weight is 469 g/mol. The number of carbonyl (C=O) groups excluding carboxylic acids is 1. The molecule has 0 saturated heterocycles. The Bertz CT molecular complexity index is 1200. The molecule has 0 aliphatic heterocycles. The van der Waals surface area contributed by atoms with Crippen LogP contribution in [0.2, 0.25) is 0 Å². The van der Waals surface area contributed by atoms with E-state index < -0.39 is 16.1 Å². The zero-order valence-corrected chi connectivity index (χ0v) is 20.1. The molecule has 0 aliphatic rings. The van der Waals surface area contributed by atoms with Gasteiger partial charge in [0, 0.05) is 17.4 Å². The number of aromatic nitrogens is 2. The third-order valence-corrected chi connectivity index (χ3v) is 6.24. The van der Waals surface area contributed by atoms with Crippen LogP contribution in [0.15, 0.2) is 59.5 Å². The van der Waals surface area contributed by atoms with Crippen molar-refractivity contribution in [1.82, 2.24) is 9.97 Å². The molecule has 1 amide bonds. The van der Waals surface area contributed by atoms with Crippen LogP contribution in [0.25, 0.3) is 0 Å². The van der Waals surface area contributed by atoms with E-state index in [4.69, 9.17) is 4.74 Å². The number of carbonyl (C=O) groups is 1. The number of aryl methyl sites for hydroxylation is 2. The Balaban J connectivity index is 1.62. The number of sulfonamides is 1. The van der Waals surface area contributed by atoms with Gasteiger partial charge in [0.15, 0.2) is 6.10 Å². The zero-order valence-electron chi connectivity index (χ0n) is 19.3. The number of hydrogen-bond acceptors (Lipinski definition) is 6. The summed E-state index contributed by atoms with van der Waals surface area (Å²) in [6, 6.07) is 15.0. The van der Waals surface area contributed by atoms with Crippen molar-refractivity contribution in [2.24, 2.45) is 0 Å². The second-order valence-electron chi connectivity index (χ2n) is 8.04. The Kier molecular flexibility index (Phi) is 7.33. The van der Waals surface area contributed by atoms with E-state index in [9.17, 15) is 13.2 Å². The Hall–Kier alpha value is -3.46. The summed E-state index contributed by atoms with van der Waals surface area (Å²) in [6.45, 7) is 9.32. The van der Waals surface area contributed by atoms with E-state index in [1.807, 2.05) is 24.3 Å². The van der Waals surface area contributed by atoms with Gasteiger partial charge in [-0.3, -0.25) is 9.52 Å². The van der Waals surface area contributed by atoms with Gasteiger partial charge in [-0.2, -0.15) is 0 Å². The zero-order chi connectivity index (χ0) is 24.2. The number of nitrogens with one attached hydrogen (secondary N) is 2. The monoisotopic (exact) mass is 468 g/mol. The highest BCUT2D eigenvalue weighted by Crippen LogP contribution is 2.21. The first-order chi connectivity index (χ1) is 15.5. The van der Waals surface area contributed by atoms with E-state index in [-0.39, 0.29) is 16.6 Å². The molecular weight excluding hydrogens is 440 g/mol. The maximum atomic E-state index is 12.7. The van der Waals surface area contributed by atoms with Gasteiger partial charge < -0.3 is 10.1 Å². The molecule has 1 unspecified atom stereocenters. The van der Waals surface area contributed by atoms with E-state index in [1.54, 1.807) is 26.8 Å². The number of amides is 1. The van der Waals surface area contributed by atoms with Crippen molar-refractivity contribution in [2.45, 2.75) is 51.5 Å². The predicted octanol–water partition coefficient (Wildman–Crippen LogP) is 4.42. The van der Waals surface area contributed by atoms with E-state index in [0.717, 1.165) is 0 Å². The molecule has 174 valence electrons. The first-order valence-electron chi connectivity index (χ1n) is 10.6. The van der Waals surface area contributed by atoms with Crippen LogP contribution in [0.3, 0.4) is 0 Å². The number of hydrogen-bond donors (Lipinski definition) is 2. The molecule has 0 bridgehead atoms. The second kappa shape index (κ2) is 9.99. The van der Waals surface area contributed by atoms with Crippen LogP contribution in [-0.4, -0.2) is 30.4 Å². The van der Waals surface area contributed by atoms with Crippen LogP contribution in [0.4, 0.5) is 11.5 Å². The van der Waals surface area contributed by atoms with Crippen molar-refractivity contribution in [3.8, 4) is 5.75 Å². The molecule has 0 radical (unpaired) electrons. The third kappa shape index (κ3) is 6.52. The van der Waals surface area contributed by atoms with Gasteiger partial charge in [0.1, 0.15) is 17.4 Å². The van der Waals surface area contributed by atoms with Crippen molar-refractivity contribution in [2.75, 3.05) is 10.0 Å². The fourth-order valence-electron chi connectivity index (χ4n) is 3.12. The van der Waals surface area contributed by atoms with Crippen LogP contribution >= 0.6 is 0 Å². The molecular formula is C24H28N4O4S. The standard InChI is InChI=1S/C24H28N4O4S/c1-15(2)19-6-10-21(11-7-19)32-17(4)24(29)27-20-8-12-22(13-9-20)33(30,31)28-23-14-16(3)25-18(5)26-23/h6-15,17H,1-5H3,(H,27,29)(H,25,26,28). The Labute approximate surface area is 194 Å². The van der Waals surface area contributed by atoms with E-state index in [0.29, 0.717) is 28.9 Å². The minimum atomic E-state index is -3.84. The number of rotatable bonds is 8. The molecule has 0 fully saturated rings. The molecule has 1 aromatic heterocycles. The average Bonchev–Trinajstić information content (AvgIpc) is 2.73. The molecule has 0 spiro atoms. The first-order valence-corrected chi connectivity index (χ1v) is 12.0. The minimum Gasteiger partial charge on any atom is -0.481 e. The molecule has 9 heteroatoms. The van der Waals surface area contributed by atoms with Gasteiger partial charge in [-0.1, -0.05) is 26.0 Å². The van der Waals surface area contributed by atoms with Crippen molar-refractivity contribution < 1.29 is 17.9 Å². The molecule has 1 heterocycles. The molecule has 3 aromatic rings. The van der Waals surface area contributed by atoms with E-state index in [1.165, 1.54) is 29.8 Å². The highest BCUT2D eigenvalue weighted by atomic mass is 32.2. The summed E-state index contributed by atoms with van der Waals surface area (Å²) in [5.41, 5.74) is 2.30. The van der Waals surface area contributed by atoms with Crippen molar-refractivity contribution >= 4 is 27.4 Å². The van der Waals surface area contributed by atoms with Crippen LogP contribution in [0.5, 0.6) is 5.75 Å². The lowest BCUT2D eigenvalue weighted by atomic mass is 10.0. The lowest BCUT2D eigenvalue weighted by Crippen LogP contribution is -2.30. The number of anilines is 2. The quantitative estimate of drug-likeness (QED) is 0.506. The lowest BCUT2D eigenvalue weighted by molar-refractivity contribution is -0.122. The summed E-state index contributed by atoms with van der Waals surface area (Å²) < 4.78 is 33.5. The summed E-state index contributed by atoms with van der Waals surface area (Å²) >= 11 is 0. The van der Waals surface area contributed by atoms with Crippen LogP contribution in [-0.2, 0) is 14.8 Å². The molecule has 1 atom stereocenters. The molecule has 33 heavy (non-hydrogen) atoms. The highest BCUT2D eigenvalue weighted by molar-refractivity contribution is 7.92. The molecule has 3 rings (SSSR count). The maximum Gasteiger partial charge on any atom is 0.265 e. The molecule has 2 aromatic carbocycles. The summed E-state index contributed by atoms with van der Waals surface area (Å²) in [4.78, 5) is 20.8. The summed E-state index contributed by atoms with van der Waals surface area (Å²) in [6.07, 6.45) is -0.732. The first kappa shape index (κ1) is 24.2. The Morgan fingerprint density at radius 1 is 0.939 bits per heavy atom. The smallest absolute Gasteiger partial charge is 0.265 e. The number of benzene rings is 2. The SMILES string of the molecule is Cc1cc(NS(=O)(=O)c2ccc(NC(=O)C(C)Oc3ccc(C(C)C)cc3)cc2)nc(C)n1. The lowest BCUT2D eigenvalue weighted by Gasteiger charge is -2.16. The van der Waals surface area contributed by atoms with Gasteiger partial charge in [-0.25, -0.2) is 18.4 Å². The fraction of sp³-hybridized carbons (Fsp3) is 0.292. The van der Waals surface area contributed by atoms with Crippen molar-refractivity contribution in [3.05, 3.63) is 71.7 Å². The fourth-order valence-corrected chi connectivity index (χ4v) is 4.11. The van der Waals surface area contributed by atoms with Gasteiger partial charge in [0.2, 0.25) is 0 Å². The normalized spacial score (nSPS) is 12.3. The predicted molar refractivity (Wildman–Crippen MR) is 128 cm³/mol. The van der Waals surface area contributed by atoms with Crippen LogP contribution in [0.1, 0.15) is 43.8 Å². The van der Waals surface area contributed by atoms with Crippen molar-refractivity contribution in [1.29, 1.82) is 0 Å². The van der Waals surface area contributed by atoms with E-state index in [2.05, 4.69) is 33.9 Å². The van der Waals surface area contributed by atoms with Gasteiger partial charge >= 0.3 is 0 Å². The maximum absolute atomic E-state index is 12.7. The van der Waals surface area contributed by atoms with Crippen LogP contribution < -0.4 is 14.8 Å². The largest absolute Gasteiger partial charge is 0.481 e. The Morgan fingerprint density at radius 3 is 2.15 bits per heavy atom. The van der Waals surface area contributed by atoms with E-state index >= 15 is 0 Å². The third-order valence-electron chi connectivity index (χ3n) is 4.87. The van der Waals surface area contributed by atoms with Gasteiger partial charge in [-0.15, -0.1) is 0 Å². The molecule has 2 N–H and O–H groups in total. The van der Waals surface area contributed by atoms with Gasteiger partial charge in [0.05, 0.1) is 4.90 Å². The number of nitrogens with zero attached hydrogens (tertiary/aromatic N) is 2. The molecule has 0 aliphatic carbocycles. The Morgan fingerprint density at radius 2 is 1.58 bits per heavy atom. The summed E-state index contributed by atoms with van der Waals surface area (Å²) in [5.74, 6) is 1.34. The molecule has 8 nitrogen and oxygen atoms in total. The molecule has 0 saturated carbocycles. The topological polar surface area (TPSA) is 110 Å². The van der Waals surface area contributed by atoms with Crippen molar-refractivity contribution in [3.63, 3.8) is 0 Å². The second-order valence-corrected chi connectivity index (χ2v) is 9.73. The van der Waals surface area contributed by atoms with Gasteiger partial charge in [-0.05, 0) is 68.7 Å². The summed E-state index contributed by atoms with van der Waals surface area (Å²) in [5, 5.41) is 2.74.